The van der Waals surface area contributed by atoms with Crippen LogP contribution < -0.4 is 27.2 Å². The summed E-state index contributed by atoms with van der Waals surface area (Å²) < 4.78 is 43.4. The quantitative estimate of drug-likeness (QED) is 0.0205. The average Bonchev–Trinajstić information content (AvgIpc) is 3.79. The number of carbonyl (C=O) groups is 9. The smallest absolute Gasteiger partial charge is 0.277 e. The number of benzene rings is 4. The van der Waals surface area contributed by atoms with Crippen molar-refractivity contribution in [2.45, 2.75) is 128 Å². The first-order valence-electron chi connectivity index (χ1n) is 25.6. The summed E-state index contributed by atoms with van der Waals surface area (Å²) >= 11 is 1.92. The normalized spacial score (nSPS) is 17.1. The molecule has 0 radical (unpaired) electrons. The number of carbonyl (C=O) groups excluding carboxylic acids is 9. The molecule has 2 saturated heterocycles. The van der Waals surface area contributed by atoms with Crippen LogP contribution in [0.4, 0.5) is 24.5 Å². The van der Waals surface area contributed by atoms with E-state index in [-0.39, 0.29) is 55.0 Å². The summed E-state index contributed by atoms with van der Waals surface area (Å²) in [6.07, 6.45) is 13.8. The zero-order valence-corrected chi connectivity index (χ0v) is 43.9. The molecule has 0 bridgehead atoms. The summed E-state index contributed by atoms with van der Waals surface area (Å²) in [5, 5.41) is 6.88. The first kappa shape index (κ1) is 56.9. The van der Waals surface area contributed by atoms with Crippen LogP contribution in [0.15, 0.2) is 66.7 Å². The van der Waals surface area contributed by atoms with Gasteiger partial charge in [-0.25, -0.2) is 18.7 Å². The predicted octanol–water partition coefficient (Wildman–Crippen LogP) is 8.03. The number of anilines is 2. The van der Waals surface area contributed by atoms with Gasteiger partial charge < -0.3 is 11.1 Å². The Morgan fingerprint density at radius 1 is 0.592 bits per heavy atom. The minimum atomic E-state index is -1.31. The van der Waals surface area contributed by atoms with Crippen LogP contribution in [0.2, 0.25) is 0 Å². The van der Waals surface area contributed by atoms with Gasteiger partial charge in [-0.05, 0) is 146 Å². The number of nitrogens with zero attached hydrogens (tertiary/aromatic N) is 2. The van der Waals surface area contributed by atoms with Crippen LogP contribution in [-0.2, 0) is 36.9 Å². The third kappa shape index (κ3) is 13.9. The molecule has 21 heteroatoms. The molecule has 0 aliphatic carbocycles. The maximum atomic E-state index is 14.6. The monoisotopic (exact) mass is 1160 g/mol. The molecule has 402 valence electrons. The lowest BCUT2D eigenvalue weighted by atomic mass is 10.0. The molecule has 9 amide bonds. The van der Waals surface area contributed by atoms with Crippen molar-refractivity contribution in [2.24, 2.45) is 5.73 Å². The topological polar surface area (TPSA) is 243 Å². The van der Waals surface area contributed by atoms with E-state index in [9.17, 15) is 56.3 Å². The number of imide groups is 4. The van der Waals surface area contributed by atoms with E-state index >= 15 is 0 Å². The van der Waals surface area contributed by atoms with Crippen molar-refractivity contribution in [3.8, 4) is 0 Å². The lowest BCUT2D eigenvalue weighted by Crippen LogP contribution is -2.54. The van der Waals surface area contributed by atoms with E-state index in [1.165, 1.54) is 12.1 Å². The van der Waals surface area contributed by atoms with Crippen molar-refractivity contribution in [1.82, 2.24) is 25.9 Å². The van der Waals surface area contributed by atoms with Crippen LogP contribution >= 0.6 is 22.6 Å². The van der Waals surface area contributed by atoms with Gasteiger partial charge in [-0.2, -0.15) is 0 Å². The summed E-state index contributed by atoms with van der Waals surface area (Å²) in [4.78, 5) is 118. The van der Waals surface area contributed by atoms with Crippen LogP contribution in [0.5, 0.6) is 0 Å². The fraction of sp³-hybridized carbons (Fsp3) is 0.400. The molecule has 76 heavy (non-hydrogen) atoms. The molecule has 4 aliphatic rings. The number of unbranched alkanes of at least 4 members (excludes halogenated alkanes) is 10. The highest BCUT2D eigenvalue weighted by molar-refractivity contribution is 14.1. The number of rotatable bonds is 23. The number of halogens is 4. The zero-order valence-electron chi connectivity index (χ0n) is 41.7. The van der Waals surface area contributed by atoms with Crippen LogP contribution in [0.3, 0.4) is 0 Å². The number of aryl methyl sites for hydroxylation is 2. The van der Waals surface area contributed by atoms with E-state index in [2.05, 4.69) is 21.4 Å². The second-order valence-corrected chi connectivity index (χ2v) is 20.2. The molecule has 4 aromatic rings. The molecule has 4 aliphatic heterocycles. The minimum Gasteiger partial charge on any atom is -0.350 e. The van der Waals surface area contributed by atoms with Crippen LogP contribution in [0.25, 0.3) is 0 Å². The van der Waals surface area contributed by atoms with Crippen molar-refractivity contribution < 1.29 is 61.2 Å². The van der Waals surface area contributed by atoms with E-state index in [0.29, 0.717) is 33.2 Å². The van der Waals surface area contributed by atoms with Crippen molar-refractivity contribution in [2.75, 3.05) is 18.5 Å². The summed E-state index contributed by atoms with van der Waals surface area (Å²) in [6.45, 7) is 0.926. The Morgan fingerprint density at radius 3 is 1.58 bits per heavy atom. The Balaban J connectivity index is 0.000000270. The van der Waals surface area contributed by atoms with Gasteiger partial charge in [-0.3, -0.25) is 68.4 Å². The molecule has 6 N–H and O–H groups in total. The SMILES string of the molecule is NCCCCCCc1ccc2c(c1)C(=O)N(C1CCC(=O)NC1=O)C2=O.O=C1CCC(N2C(=O)c3ccc(CCCCCCCCCCONC(=O)c4ccc(F)c(F)c4Nc4ccc(I)cc4F)cc3C2=O)C(=O)N1. The highest BCUT2D eigenvalue weighted by atomic mass is 127. The summed E-state index contributed by atoms with van der Waals surface area (Å²) in [6, 6.07) is 14.7. The molecule has 8 rings (SSSR count). The first-order chi connectivity index (χ1) is 36.6. The molecule has 2 unspecified atom stereocenters. The van der Waals surface area contributed by atoms with Gasteiger partial charge in [0.05, 0.1) is 45.8 Å². The molecule has 2 fully saturated rings. The fourth-order valence-electron chi connectivity index (χ4n) is 9.50. The number of amides is 9. The van der Waals surface area contributed by atoms with Crippen molar-refractivity contribution in [1.29, 1.82) is 0 Å². The number of nitrogens with one attached hydrogen (secondary N) is 4. The fourth-order valence-corrected chi connectivity index (χ4v) is 9.95. The molecule has 4 heterocycles. The molecule has 0 saturated carbocycles. The zero-order chi connectivity index (χ0) is 54.5. The minimum absolute atomic E-state index is 0.0769. The number of hydroxylamine groups is 1. The van der Waals surface area contributed by atoms with Crippen LogP contribution in [0, 0.1) is 21.0 Å². The third-order valence-electron chi connectivity index (χ3n) is 13.6. The van der Waals surface area contributed by atoms with E-state index in [4.69, 9.17) is 10.6 Å². The summed E-state index contributed by atoms with van der Waals surface area (Å²) in [5.74, 6) is -7.91. The summed E-state index contributed by atoms with van der Waals surface area (Å²) in [7, 11) is 0. The van der Waals surface area contributed by atoms with Gasteiger partial charge in [0.2, 0.25) is 23.6 Å². The molecule has 0 aromatic heterocycles. The predicted molar refractivity (Wildman–Crippen MR) is 280 cm³/mol. The van der Waals surface area contributed by atoms with E-state index < -0.39 is 82.5 Å². The van der Waals surface area contributed by atoms with Crippen molar-refractivity contribution in [3.05, 3.63) is 127 Å². The van der Waals surface area contributed by atoms with Gasteiger partial charge >= 0.3 is 0 Å². The van der Waals surface area contributed by atoms with Crippen molar-refractivity contribution >= 4 is 87.1 Å². The molecular formula is C55H59F3IN7O10. The number of nitrogens with two attached hydrogens (primary N) is 1. The summed E-state index contributed by atoms with van der Waals surface area (Å²) in [5.41, 5.74) is 10.1. The number of hydrogen-bond acceptors (Lipinski definition) is 12. The Hall–Kier alpha value is -6.85. The van der Waals surface area contributed by atoms with Gasteiger partial charge in [0.1, 0.15) is 17.9 Å². The van der Waals surface area contributed by atoms with E-state index in [0.717, 1.165) is 117 Å². The van der Waals surface area contributed by atoms with Gasteiger partial charge in [-0.15, -0.1) is 0 Å². The molecular weight excluding hydrogens is 1100 g/mol. The molecule has 0 spiro atoms. The van der Waals surface area contributed by atoms with Gasteiger partial charge in [0.15, 0.2) is 11.6 Å². The van der Waals surface area contributed by atoms with Gasteiger partial charge in [-0.1, -0.05) is 63.5 Å². The highest BCUT2D eigenvalue weighted by Gasteiger charge is 2.46. The maximum Gasteiger partial charge on any atom is 0.277 e. The second kappa shape index (κ2) is 26.8. The largest absolute Gasteiger partial charge is 0.350 e. The van der Waals surface area contributed by atoms with E-state index in [1.807, 2.05) is 34.7 Å². The average molecular weight is 1160 g/mol. The highest BCUT2D eigenvalue weighted by Crippen LogP contribution is 2.32. The Morgan fingerprint density at radius 2 is 1.08 bits per heavy atom. The molecule has 2 atom stereocenters. The van der Waals surface area contributed by atoms with E-state index in [1.54, 1.807) is 30.3 Å². The van der Waals surface area contributed by atoms with Gasteiger partial charge in [0.25, 0.3) is 29.5 Å². The van der Waals surface area contributed by atoms with Crippen LogP contribution in [0.1, 0.15) is 166 Å². The first-order valence-corrected chi connectivity index (χ1v) is 26.7. The van der Waals surface area contributed by atoms with Gasteiger partial charge in [0, 0.05) is 16.4 Å². The second-order valence-electron chi connectivity index (χ2n) is 19.0. The molecule has 4 aromatic carbocycles. The third-order valence-corrected chi connectivity index (χ3v) is 14.3. The number of hydrogen-bond donors (Lipinski definition) is 5. The Kier molecular flexibility index (Phi) is 20.0. The standard InChI is InChI=1S/C36H36F3IN4O6.C19H23N3O4/c37-26-14-13-24(32(31(26)39)41-28-15-11-22(40)20-27(28)38)33(46)43-50-18-8-6-4-2-1-3-5-7-9-21-10-12-23-25(19-21)36(49)44(35(23)48)29-16-17-30(45)42-34(29)47;20-10-4-2-1-3-5-12-6-7-13-14(11-12)19(26)22(18(13)25)15-8-9-16(23)21-17(15)24/h10-15,19-20,29,41H,1-9,16-18H2,(H,43,46)(H,42,45,47);6-7,11,15H,1-5,8-10,20H2,(H,21,23,24). The molecule has 17 nitrogen and oxygen atoms in total. The Bertz CT molecular complexity index is 2920. The van der Waals surface area contributed by atoms with Crippen LogP contribution in [-0.4, -0.2) is 88.2 Å². The lowest BCUT2D eigenvalue weighted by molar-refractivity contribution is -0.137. The Labute approximate surface area is 450 Å². The lowest BCUT2D eigenvalue weighted by Gasteiger charge is -2.27. The van der Waals surface area contributed by atoms with Crippen molar-refractivity contribution in [3.63, 3.8) is 0 Å². The number of piperidine rings is 2. The maximum absolute atomic E-state index is 14.6. The number of fused-ring (bicyclic) bond motifs is 2.